The van der Waals surface area contributed by atoms with Gasteiger partial charge in [0.05, 0.1) is 10.9 Å². The third-order valence-corrected chi connectivity index (χ3v) is 5.75. The molecule has 3 rings (SSSR count). The second kappa shape index (κ2) is 7.24. The van der Waals surface area contributed by atoms with E-state index in [-0.39, 0.29) is 22.2 Å². The molecule has 0 bridgehead atoms. The van der Waals surface area contributed by atoms with Crippen molar-refractivity contribution in [3.05, 3.63) is 78.9 Å². The first-order chi connectivity index (χ1) is 11.9. The highest BCUT2D eigenvalue weighted by molar-refractivity contribution is 7.97. The molecule has 3 aromatic carbocycles. The van der Waals surface area contributed by atoms with Crippen molar-refractivity contribution in [3.8, 4) is 11.5 Å². The molecule has 0 radical (unpaired) electrons. The lowest BCUT2D eigenvalue weighted by Crippen LogP contribution is -2.23. The molecule has 0 amide bonds. The maximum Gasteiger partial charge on any atom is 0.170 e. The summed E-state index contributed by atoms with van der Waals surface area (Å²) in [6.07, 6.45) is 0. The van der Waals surface area contributed by atoms with Gasteiger partial charge in [0.25, 0.3) is 0 Å². The lowest BCUT2D eigenvalue weighted by atomic mass is 10.2. The standard InChI is InChI=1S/C22H22O2S/c1-22(2,3)24-21-16-19(14-15-20(21)23)25(17-10-6-4-7-11-17)18-12-8-5-9-13-18/h4-16H,1-3H3/p+1. The van der Waals surface area contributed by atoms with Gasteiger partial charge in [0.15, 0.2) is 26.2 Å². The number of phenolic OH excluding ortho intramolecular Hbond substituents is 1. The Kier molecular flexibility index (Phi) is 5.05. The number of aromatic hydroxyl groups is 1. The molecule has 0 spiro atoms. The lowest BCUT2D eigenvalue weighted by molar-refractivity contribution is 0.125. The molecule has 3 aromatic rings. The molecule has 0 atom stereocenters. The van der Waals surface area contributed by atoms with Crippen LogP contribution in [0.5, 0.6) is 11.5 Å². The zero-order valence-corrected chi connectivity index (χ0v) is 15.6. The molecule has 1 N–H and O–H groups in total. The molecular formula is C22H23O2S+. The molecule has 25 heavy (non-hydrogen) atoms. The second-order valence-corrected chi connectivity index (χ2v) is 8.80. The maximum atomic E-state index is 10.2. The van der Waals surface area contributed by atoms with Crippen molar-refractivity contribution >= 4 is 10.9 Å². The molecular weight excluding hydrogens is 328 g/mol. The summed E-state index contributed by atoms with van der Waals surface area (Å²) in [5.41, 5.74) is -0.367. The Bertz CT molecular complexity index is 784. The van der Waals surface area contributed by atoms with Crippen molar-refractivity contribution in [3.63, 3.8) is 0 Å². The van der Waals surface area contributed by atoms with Gasteiger partial charge in [-0.1, -0.05) is 36.4 Å². The van der Waals surface area contributed by atoms with E-state index in [9.17, 15) is 5.11 Å². The molecule has 0 aliphatic rings. The van der Waals surface area contributed by atoms with Crippen LogP contribution < -0.4 is 4.74 Å². The van der Waals surface area contributed by atoms with E-state index >= 15 is 0 Å². The van der Waals surface area contributed by atoms with E-state index in [1.54, 1.807) is 6.07 Å². The van der Waals surface area contributed by atoms with Gasteiger partial charge in [-0.3, -0.25) is 0 Å². The van der Waals surface area contributed by atoms with Crippen molar-refractivity contribution in [1.82, 2.24) is 0 Å². The van der Waals surface area contributed by atoms with Crippen LogP contribution in [0.3, 0.4) is 0 Å². The predicted octanol–water partition coefficient (Wildman–Crippen LogP) is 5.66. The van der Waals surface area contributed by atoms with Crippen LogP contribution in [0.2, 0.25) is 0 Å². The monoisotopic (exact) mass is 351 g/mol. The Hall–Kier alpha value is -2.39. The third kappa shape index (κ3) is 4.37. The van der Waals surface area contributed by atoms with Gasteiger partial charge in [0.2, 0.25) is 0 Å². The molecule has 0 unspecified atom stereocenters. The van der Waals surface area contributed by atoms with Crippen LogP contribution in [-0.4, -0.2) is 10.7 Å². The number of hydrogen-bond donors (Lipinski definition) is 1. The fraction of sp³-hybridized carbons (Fsp3) is 0.182. The summed E-state index contributed by atoms with van der Waals surface area (Å²) in [4.78, 5) is 3.59. The fourth-order valence-corrected chi connectivity index (χ4v) is 4.66. The molecule has 0 heterocycles. The molecule has 3 heteroatoms. The number of benzene rings is 3. The van der Waals surface area contributed by atoms with E-state index in [1.165, 1.54) is 9.79 Å². The van der Waals surface area contributed by atoms with E-state index < -0.39 is 0 Å². The first-order valence-corrected chi connectivity index (χ1v) is 9.53. The quantitative estimate of drug-likeness (QED) is 0.614. The predicted molar refractivity (Wildman–Crippen MR) is 104 cm³/mol. The van der Waals surface area contributed by atoms with Gasteiger partial charge in [0, 0.05) is 6.07 Å². The van der Waals surface area contributed by atoms with Crippen LogP contribution in [0.1, 0.15) is 20.8 Å². The van der Waals surface area contributed by atoms with Crippen LogP contribution in [0.15, 0.2) is 93.5 Å². The Labute approximate surface area is 152 Å². The van der Waals surface area contributed by atoms with E-state index in [0.717, 1.165) is 4.90 Å². The topological polar surface area (TPSA) is 29.5 Å². The molecule has 0 aliphatic heterocycles. The summed E-state index contributed by atoms with van der Waals surface area (Å²) in [5, 5.41) is 10.2. The molecule has 0 saturated heterocycles. The Morgan fingerprint density at radius 3 is 1.72 bits per heavy atom. The highest BCUT2D eigenvalue weighted by atomic mass is 32.2. The van der Waals surface area contributed by atoms with Crippen molar-refractivity contribution in [2.45, 2.75) is 41.1 Å². The summed E-state index contributed by atoms with van der Waals surface area (Å²) in [6, 6.07) is 26.6. The molecule has 0 aromatic heterocycles. The molecule has 0 saturated carbocycles. The van der Waals surface area contributed by atoms with E-state index in [1.807, 2.05) is 45.0 Å². The molecule has 2 nitrogen and oxygen atoms in total. The summed E-state index contributed by atoms with van der Waals surface area (Å²) >= 11 is 0. The van der Waals surface area contributed by atoms with Gasteiger partial charge in [-0.25, -0.2) is 0 Å². The minimum absolute atomic E-state index is 0.170. The largest absolute Gasteiger partial charge is 0.504 e. The zero-order valence-electron chi connectivity index (χ0n) is 14.8. The fourth-order valence-electron chi connectivity index (χ4n) is 2.55. The van der Waals surface area contributed by atoms with Crippen molar-refractivity contribution < 1.29 is 9.84 Å². The highest BCUT2D eigenvalue weighted by Gasteiger charge is 2.30. The van der Waals surface area contributed by atoms with Crippen molar-refractivity contribution in [2.24, 2.45) is 0 Å². The first-order valence-electron chi connectivity index (χ1n) is 8.30. The smallest absolute Gasteiger partial charge is 0.170 e. The molecule has 0 aliphatic carbocycles. The number of hydrogen-bond acceptors (Lipinski definition) is 2. The summed E-state index contributed by atoms with van der Waals surface area (Å²) in [5.74, 6) is 0.692. The minimum atomic E-state index is -0.367. The third-order valence-electron chi connectivity index (χ3n) is 3.54. The Morgan fingerprint density at radius 1 is 0.720 bits per heavy atom. The van der Waals surface area contributed by atoms with Crippen LogP contribution in [-0.2, 0) is 10.9 Å². The average Bonchev–Trinajstić information content (AvgIpc) is 2.59. The SMILES string of the molecule is CC(C)(C)Oc1cc([S+](c2ccccc2)c2ccccc2)ccc1O. The van der Waals surface area contributed by atoms with Gasteiger partial charge in [-0.2, -0.15) is 0 Å². The average molecular weight is 351 g/mol. The molecule has 128 valence electrons. The Morgan fingerprint density at radius 2 is 1.24 bits per heavy atom. The van der Waals surface area contributed by atoms with Crippen LogP contribution in [0.25, 0.3) is 0 Å². The zero-order chi connectivity index (χ0) is 17.9. The Balaban J connectivity index is 2.10. The maximum absolute atomic E-state index is 10.2. The summed E-state index contributed by atoms with van der Waals surface area (Å²) in [7, 11) is -0.253. The summed E-state index contributed by atoms with van der Waals surface area (Å²) < 4.78 is 5.95. The number of ether oxygens (including phenoxy) is 1. The normalized spacial score (nSPS) is 11.5. The van der Waals surface area contributed by atoms with E-state index in [0.29, 0.717) is 5.75 Å². The van der Waals surface area contributed by atoms with Gasteiger partial charge in [-0.15, -0.1) is 0 Å². The number of phenols is 1. The van der Waals surface area contributed by atoms with Crippen molar-refractivity contribution in [2.75, 3.05) is 0 Å². The first kappa shape index (κ1) is 17.4. The summed E-state index contributed by atoms with van der Waals surface area (Å²) in [6.45, 7) is 5.94. The van der Waals surface area contributed by atoms with Crippen molar-refractivity contribution in [1.29, 1.82) is 0 Å². The lowest BCUT2D eigenvalue weighted by Gasteiger charge is -2.22. The van der Waals surface area contributed by atoms with Gasteiger partial charge >= 0.3 is 0 Å². The van der Waals surface area contributed by atoms with E-state index in [4.69, 9.17) is 4.74 Å². The van der Waals surface area contributed by atoms with Gasteiger partial charge in [-0.05, 0) is 57.2 Å². The van der Waals surface area contributed by atoms with Gasteiger partial charge < -0.3 is 9.84 Å². The van der Waals surface area contributed by atoms with Crippen LogP contribution in [0, 0.1) is 0 Å². The highest BCUT2D eigenvalue weighted by Crippen LogP contribution is 2.37. The number of rotatable bonds is 4. The molecule has 0 fully saturated rings. The van der Waals surface area contributed by atoms with Crippen LogP contribution >= 0.6 is 0 Å². The van der Waals surface area contributed by atoms with E-state index in [2.05, 4.69) is 48.5 Å². The van der Waals surface area contributed by atoms with Gasteiger partial charge in [0.1, 0.15) is 5.60 Å². The second-order valence-electron chi connectivity index (χ2n) is 6.78. The van der Waals surface area contributed by atoms with Crippen LogP contribution in [0.4, 0.5) is 0 Å². The minimum Gasteiger partial charge on any atom is -0.504 e.